The lowest BCUT2D eigenvalue weighted by molar-refractivity contribution is -0.121. The number of anilines is 1. The van der Waals surface area contributed by atoms with E-state index < -0.39 is 5.91 Å². The number of nitrogens with zero attached hydrogens (tertiary/aromatic N) is 4. The van der Waals surface area contributed by atoms with Crippen LogP contribution >= 0.6 is 0 Å². The van der Waals surface area contributed by atoms with Gasteiger partial charge in [-0.3, -0.25) is 15.1 Å². The van der Waals surface area contributed by atoms with Crippen molar-refractivity contribution in [1.29, 1.82) is 0 Å². The van der Waals surface area contributed by atoms with E-state index in [1.807, 2.05) is 11.5 Å². The molecule has 0 saturated carbocycles. The van der Waals surface area contributed by atoms with E-state index in [0.717, 1.165) is 5.39 Å². The van der Waals surface area contributed by atoms with Crippen LogP contribution in [0.25, 0.3) is 16.6 Å². The van der Waals surface area contributed by atoms with Gasteiger partial charge in [-0.1, -0.05) is 18.2 Å². The van der Waals surface area contributed by atoms with Gasteiger partial charge in [-0.15, -0.1) is 0 Å². The summed E-state index contributed by atoms with van der Waals surface area (Å²) >= 11 is 0. The molecule has 0 aliphatic carbocycles. The molecule has 27 heavy (non-hydrogen) atoms. The lowest BCUT2D eigenvalue weighted by atomic mass is 10.2. The Morgan fingerprint density at radius 3 is 2.70 bits per heavy atom. The summed E-state index contributed by atoms with van der Waals surface area (Å²) in [6, 6.07) is 11.5. The smallest absolute Gasteiger partial charge is 0.313 e. The van der Waals surface area contributed by atoms with Gasteiger partial charge in [0, 0.05) is 18.5 Å². The van der Waals surface area contributed by atoms with Crippen molar-refractivity contribution in [1.82, 2.24) is 20.1 Å². The van der Waals surface area contributed by atoms with E-state index in [1.54, 1.807) is 41.4 Å². The molecule has 8 nitrogen and oxygen atoms in total. The maximum absolute atomic E-state index is 14.2. The number of hydrogen-bond donors (Lipinski definition) is 2. The largest absolute Gasteiger partial charge is 0.325 e. The molecule has 3 amide bonds. The van der Waals surface area contributed by atoms with Crippen LogP contribution in [0.2, 0.25) is 0 Å². The molecule has 9 heteroatoms. The van der Waals surface area contributed by atoms with Crippen LogP contribution < -0.4 is 16.2 Å². The molecule has 3 N–H and O–H groups in total. The molecule has 4 rings (SSSR count). The number of amides is 3. The highest BCUT2D eigenvalue weighted by molar-refractivity contribution is 6.04. The van der Waals surface area contributed by atoms with Crippen LogP contribution in [0.15, 0.2) is 48.7 Å². The first-order valence-corrected chi connectivity index (χ1v) is 8.37. The third-order valence-electron chi connectivity index (χ3n) is 4.55. The van der Waals surface area contributed by atoms with Crippen molar-refractivity contribution >= 4 is 28.5 Å². The molecule has 0 unspecified atom stereocenters. The molecule has 0 radical (unpaired) electrons. The van der Waals surface area contributed by atoms with Crippen LogP contribution in [-0.4, -0.2) is 46.3 Å². The van der Waals surface area contributed by atoms with E-state index in [0.29, 0.717) is 30.0 Å². The Morgan fingerprint density at radius 2 is 1.93 bits per heavy atom. The van der Waals surface area contributed by atoms with Gasteiger partial charge in [-0.05, 0) is 24.3 Å². The summed E-state index contributed by atoms with van der Waals surface area (Å²) < 4.78 is 15.7. The number of carbonyl (C=O) groups is 2. The zero-order valence-electron chi connectivity index (χ0n) is 14.3. The van der Waals surface area contributed by atoms with Gasteiger partial charge in [0.15, 0.2) is 0 Å². The third kappa shape index (κ3) is 2.87. The Morgan fingerprint density at radius 1 is 1.15 bits per heavy atom. The monoisotopic (exact) mass is 368 g/mol. The number of benzene rings is 2. The van der Waals surface area contributed by atoms with Crippen molar-refractivity contribution in [2.45, 2.75) is 0 Å². The Bertz CT molecular complexity index is 1030. The average Bonchev–Trinajstić information content (AvgIpc) is 3.26. The SMILES string of the molecule is NNC(=O)CN1CCN(c2cccc3c2cnn3-c2ccccc2F)C1=O. The van der Waals surface area contributed by atoms with Gasteiger partial charge in [0.25, 0.3) is 5.91 Å². The fourth-order valence-corrected chi connectivity index (χ4v) is 3.26. The number of para-hydroxylation sites is 1. The van der Waals surface area contributed by atoms with E-state index in [2.05, 4.69) is 5.10 Å². The number of carbonyl (C=O) groups excluding carboxylic acids is 2. The zero-order chi connectivity index (χ0) is 19.0. The molecule has 1 aromatic heterocycles. The minimum atomic E-state index is -0.434. The molecule has 0 atom stereocenters. The fourth-order valence-electron chi connectivity index (χ4n) is 3.26. The zero-order valence-corrected chi connectivity index (χ0v) is 14.3. The maximum atomic E-state index is 14.2. The quantitative estimate of drug-likeness (QED) is 0.413. The predicted molar refractivity (Wildman–Crippen MR) is 97.7 cm³/mol. The predicted octanol–water partition coefficient (Wildman–Crippen LogP) is 1.40. The first-order chi connectivity index (χ1) is 13.1. The van der Waals surface area contributed by atoms with E-state index in [9.17, 15) is 14.0 Å². The topological polar surface area (TPSA) is 96.5 Å². The Labute approximate surface area is 153 Å². The lowest BCUT2D eigenvalue weighted by Gasteiger charge is -2.18. The number of hydrogen-bond acceptors (Lipinski definition) is 4. The summed E-state index contributed by atoms with van der Waals surface area (Å²) in [6.45, 7) is 0.737. The Hall–Kier alpha value is -3.46. The van der Waals surface area contributed by atoms with Crippen molar-refractivity contribution in [3.8, 4) is 5.69 Å². The van der Waals surface area contributed by atoms with Crippen LogP contribution in [0.4, 0.5) is 14.9 Å². The van der Waals surface area contributed by atoms with Gasteiger partial charge in [-0.25, -0.2) is 19.7 Å². The Balaban J connectivity index is 1.71. The molecule has 2 aromatic carbocycles. The van der Waals surface area contributed by atoms with Crippen molar-refractivity contribution in [3.05, 3.63) is 54.5 Å². The minimum Gasteiger partial charge on any atom is -0.313 e. The van der Waals surface area contributed by atoms with Gasteiger partial charge in [-0.2, -0.15) is 5.10 Å². The summed E-state index contributed by atoms with van der Waals surface area (Å²) in [7, 11) is 0. The number of fused-ring (bicyclic) bond motifs is 1. The molecule has 1 fully saturated rings. The number of hydrazine groups is 1. The highest BCUT2D eigenvalue weighted by Crippen LogP contribution is 2.31. The second kappa shape index (κ2) is 6.69. The number of urea groups is 1. The number of aromatic nitrogens is 2. The van der Waals surface area contributed by atoms with Crippen molar-refractivity contribution in [3.63, 3.8) is 0 Å². The summed E-state index contributed by atoms with van der Waals surface area (Å²) in [5.74, 6) is 4.27. The summed E-state index contributed by atoms with van der Waals surface area (Å²) in [4.78, 5) is 27.1. The van der Waals surface area contributed by atoms with E-state index >= 15 is 0 Å². The normalized spacial score (nSPS) is 14.2. The molecule has 0 spiro atoms. The molecule has 0 bridgehead atoms. The minimum absolute atomic E-state index is 0.101. The molecular formula is C18H17FN6O2. The number of rotatable bonds is 4. The molecule has 1 saturated heterocycles. The summed E-state index contributed by atoms with van der Waals surface area (Å²) in [5, 5.41) is 5.03. The standard InChI is InChI=1S/C18H17FN6O2/c19-13-4-1-2-5-16(13)25-15-7-3-6-14(12(15)10-21-25)24-9-8-23(18(24)27)11-17(26)22-20/h1-7,10H,8-9,11,20H2,(H,22,26). The first-order valence-electron chi connectivity index (χ1n) is 8.37. The summed E-state index contributed by atoms with van der Waals surface area (Å²) in [5.41, 5.74) is 3.70. The highest BCUT2D eigenvalue weighted by atomic mass is 19.1. The average molecular weight is 368 g/mol. The Kier molecular flexibility index (Phi) is 4.21. The highest BCUT2D eigenvalue weighted by Gasteiger charge is 2.32. The number of halogens is 1. The van der Waals surface area contributed by atoms with E-state index in [-0.39, 0.29) is 18.4 Å². The number of nitrogens with two attached hydrogens (primary N) is 1. The second-order valence-corrected chi connectivity index (χ2v) is 6.14. The van der Waals surface area contributed by atoms with Crippen molar-refractivity contribution in [2.24, 2.45) is 5.84 Å². The second-order valence-electron chi connectivity index (χ2n) is 6.14. The van der Waals surface area contributed by atoms with Crippen molar-refractivity contribution in [2.75, 3.05) is 24.5 Å². The molecule has 1 aliphatic heterocycles. The van der Waals surface area contributed by atoms with E-state index in [4.69, 9.17) is 5.84 Å². The lowest BCUT2D eigenvalue weighted by Crippen LogP contribution is -2.42. The van der Waals surface area contributed by atoms with Gasteiger partial charge in [0.1, 0.15) is 18.0 Å². The van der Waals surface area contributed by atoms with Crippen molar-refractivity contribution < 1.29 is 14.0 Å². The molecule has 3 aromatic rings. The molecule has 2 heterocycles. The third-order valence-corrected chi connectivity index (χ3v) is 4.55. The molecule has 1 aliphatic rings. The first kappa shape index (κ1) is 17.0. The van der Waals surface area contributed by atoms with Crippen LogP contribution in [-0.2, 0) is 4.79 Å². The maximum Gasteiger partial charge on any atom is 0.325 e. The van der Waals surface area contributed by atoms with Gasteiger partial charge >= 0.3 is 6.03 Å². The number of nitrogens with one attached hydrogen (secondary N) is 1. The fraction of sp³-hybridized carbons (Fsp3) is 0.167. The van der Waals surface area contributed by atoms with Crippen LogP contribution in [0.5, 0.6) is 0 Å². The molecular weight excluding hydrogens is 351 g/mol. The van der Waals surface area contributed by atoms with Gasteiger partial charge in [0.2, 0.25) is 0 Å². The van der Waals surface area contributed by atoms with E-state index in [1.165, 1.54) is 15.6 Å². The van der Waals surface area contributed by atoms with Crippen LogP contribution in [0.3, 0.4) is 0 Å². The van der Waals surface area contributed by atoms with Crippen LogP contribution in [0, 0.1) is 5.82 Å². The molecule has 138 valence electrons. The summed E-state index contributed by atoms with van der Waals surface area (Å²) in [6.07, 6.45) is 1.61. The van der Waals surface area contributed by atoms with Crippen LogP contribution in [0.1, 0.15) is 0 Å². The van der Waals surface area contributed by atoms with Gasteiger partial charge in [0.05, 0.1) is 17.4 Å². The van der Waals surface area contributed by atoms with Gasteiger partial charge < -0.3 is 4.90 Å².